The van der Waals surface area contributed by atoms with Crippen molar-refractivity contribution in [2.45, 2.75) is 6.92 Å². The lowest BCUT2D eigenvalue weighted by molar-refractivity contribution is 0.952. The predicted molar refractivity (Wildman–Crippen MR) is 59.3 cm³/mol. The van der Waals surface area contributed by atoms with Crippen molar-refractivity contribution in [1.29, 1.82) is 5.26 Å². The number of nitrogens with zero attached hydrogens (tertiary/aromatic N) is 3. The summed E-state index contributed by atoms with van der Waals surface area (Å²) in [4.78, 5) is 14.8. The lowest BCUT2D eigenvalue weighted by atomic mass is 10.2. The van der Waals surface area contributed by atoms with Crippen LogP contribution >= 0.6 is 0 Å². The molecule has 0 atom stereocenters. The number of aromatic nitrogens is 2. The van der Waals surface area contributed by atoms with E-state index in [1.165, 1.54) is 12.5 Å². The summed E-state index contributed by atoms with van der Waals surface area (Å²) in [5.74, 6) is 0. The number of benzene rings is 1. The zero-order valence-electron chi connectivity index (χ0n) is 8.71. The molecule has 0 aliphatic rings. The van der Waals surface area contributed by atoms with E-state index in [1.807, 2.05) is 37.3 Å². The van der Waals surface area contributed by atoms with E-state index >= 15 is 0 Å². The van der Waals surface area contributed by atoms with Gasteiger partial charge in [-0.1, -0.05) is 12.1 Å². The second kappa shape index (κ2) is 3.99. The monoisotopic (exact) mass is 211 g/mol. The standard InChI is InChI=1S/C12H9N3O/c1-9-3-2-4-11(5-9)15-7-10(6-13)12(16)14-8-15/h2-5,7-8H,1H3. The fourth-order valence-electron chi connectivity index (χ4n) is 1.42. The summed E-state index contributed by atoms with van der Waals surface area (Å²) >= 11 is 0. The third-order valence-electron chi connectivity index (χ3n) is 2.22. The Kier molecular flexibility index (Phi) is 2.52. The van der Waals surface area contributed by atoms with Crippen molar-refractivity contribution < 1.29 is 0 Å². The Bertz CT molecular complexity index is 623. The van der Waals surface area contributed by atoms with Gasteiger partial charge >= 0.3 is 0 Å². The fourth-order valence-corrected chi connectivity index (χ4v) is 1.42. The zero-order valence-corrected chi connectivity index (χ0v) is 8.71. The molecule has 0 bridgehead atoms. The van der Waals surface area contributed by atoms with Crippen molar-refractivity contribution in [2.24, 2.45) is 0 Å². The predicted octanol–water partition coefficient (Wildman–Crippen LogP) is 1.41. The molecule has 0 saturated carbocycles. The number of rotatable bonds is 1. The summed E-state index contributed by atoms with van der Waals surface area (Å²) in [5.41, 5.74) is 1.54. The van der Waals surface area contributed by atoms with Crippen LogP contribution in [0, 0.1) is 18.3 Å². The maximum absolute atomic E-state index is 11.2. The third-order valence-corrected chi connectivity index (χ3v) is 2.22. The number of nitriles is 1. The molecule has 0 amide bonds. The zero-order chi connectivity index (χ0) is 11.5. The largest absolute Gasteiger partial charge is 0.306 e. The van der Waals surface area contributed by atoms with Crippen LogP contribution in [0.2, 0.25) is 0 Å². The van der Waals surface area contributed by atoms with Gasteiger partial charge in [0.05, 0.1) is 0 Å². The van der Waals surface area contributed by atoms with Gasteiger partial charge < -0.3 is 4.57 Å². The van der Waals surface area contributed by atoms with E-state index in [9.17, 15) is 4.79 Å². The molecule has 1 aromatic carbocycles. The van der Waals surface area contributed by atoms with Crippen molar-refractivity contribution in [1.82, 2.24) is 9.55 Å². The topological polar surface area (TPSA) is 58.7 Å². The average molecular weight is 211 g/mol. The first-order valence-corrected chi connectivity index (χ1v) is 4.76. The Labute approximate surface area is 92.4 Å². The highest BCUT2D eigenvalue weighted by atomic mass is 16.1. The molecule has 0 aliphatic heterocycles. The molecule has 2 rings (SSSR count). The maximum atomic E-state index is 11.2. The van der Waals surface area contributed by atoms with Crippen molar-refractivity contribution in [3.8, 4) is 11.8 Å². The van der Waals surface area contributed by atoms with Crippen LogP contribution in [-0.4, -0.2) is 9.55 Å². The Morgan fingerprint density at radius 2 is 2.25 bits per heavy atom. The minimum atomic E-state index is -0.494. The first-order valence-electron chi connectivity index (χ1n) is 4.76. The van der Waals surface area contributed by atoms with Gasteiger partial charge in [-0.2, -0.15) is 10.2 Å². The second-order valence-corrected chi connectivity index (χ2v) is 3.45. The number of hydrogen-bond acceptors (Lipinski definition) is 3. The van der Waals surface area contributed by atoms with E-state index in [1.54, 1.807) is 4.57 Å². The van der Waals surface area contributed by atoms with Crippen LogP contribution in [0.25, 0.3) is 5.69 Å². The number of aryl methyl sites for hydroxylation is 1. The molecule has 0 N–H and O–H groups in total. The summed E-state index contributed by atoms with van der Waals surface area (Å²) in [5, 5.41) is 8.74. The van der Waals surface area contributed by atoms with Crippen LogP contribution in [0.4, 0.5) is 0 Å². The molecule has 2 aromatic rings. The Hall–Kier alpha value is -2.41. The summed E-state index contributed by atoms with van der Waals surface area (Å²) in [7, 11) is 0. The van der Waals surface area contributed by atoms with Gasteiger partial charge in [0.2, 0.25) is 0 Å². The van der Waals surface area contributed by atoms with Crippen LogP contribution in [0.1, 0.15) is 11.1 Å². The SMILES string of the molecule is Cc1cccc(-n2cnc(=O)c(C#N)c2)c1. The van der Waals surface area contributed by atoms with Gasteiger partial charge in [0.25, 0.3) is 5.56 Å². The van der Waals surface area contributed by atoms with Crippen LogP contribution in [0.5, 0.6) is 0 Å². The van der Waals surface area contributed by atoms with E-state index in [0.29, 0.717) is 0 Å². The molecular formula is C12H9N3O. The fraction of sp³-hybridized carbons (Fsp3) is 0.0833. The van der Waals surface area contributed by atoms with Crippen LogP contribution in [-0.2, 0) is 0 Å². The first-order chi connectivity index (χ1) is 7.70. The molecular weight excluding hydrogens is 202 g/mol. The van der Waals surface area contributed by atoms with Gasteiger partial charge in [-0.25, -0.2) is 0 Å². The Morgan fingerprint density at radius 3 is 2.94 bits per heavy atom. The minimum Gasteiger partial charge on any atom is -0.306 e. The van der Waals surface area contributed by atoms with Crippen LogP contribution in [0.15, 0.2) is 41.6 Å². The number of hydrogen-bond donors (Lipinski definition) is 0. The molecule has 0 saturated heterocycles. The lowest BCUT2D eigenvalue weighted by Crippen LogP contribution is -2.13. The van der Waals surface area contributed by atoms with Crippen LogP contribution in [0.3, 0.4) is 0 Å². The summed E-state index contributed by atoms with van der Waals surface area (Å²) in [6, 6.07) is 9.55. The molecule has 0 radical (unpaired) electrons. The van der Waals surface area contributed by atoms with Gasteiger partial charge in [-0.3, -0.25) is 4.79 Å². The molecule has 0 aliphatic carbocycles. The van der Waals surface area contributed by atoms with E-state index in [0.717, 1.165) is 11.3 Å². The van der Waals surface area contributed by atoms with Crippen molar-refractivity contribution in [3.63, 3.8) is 0 Å². The Balaban J connectivity index is 2.58. The highest BCUT2D eigenvalue weighted by Gasteiger charge is 2.01. The van der Waals surface area contributed by atoms with Gasteiger partial charge in [0, 0.05) is 11.9 Å². The van der Waals surface area contributed by atoms with E-state index in [2.05, 4.69) is 4.98 Å². The van der Waals surface area contributed by atoms with Gasteiger partial charge in [-0.05, 0) is 24.6 Å². The second-order valence-electron chi connectivity index (χ2n) is 3.45. The molecule has 78 valence electrons. The lowest BCUT2D eigenvalue weighted by Gasteiger charge is -2.06. The van der Waals surface area contributed by atoms with E-state index in [4.69, 9.17) is 5.26 Å². The quantitative estimate of drug-likeness (QED) is 0.716. The molecule has 4 heteroatoms. The molecule has 1 heterocycles. The van der Waals surface area contributed by atoms with Gasteiger partial charge in [-0.15, -0.1) is 0 Å². The Morgan fingerprint density at radius 1 is 1.44 bits per heavy atom. The molecule has 16 heavy (non-hydrogen) atoms. The molecule has 4 nitrogen and oxygen atoms in total. The highest BCUT2D eigenvalue weighted by molar-refractivity contribution is 5.36. The molecule has 0 fully saturated rings. The normalized spacial score (nSPS) is 9.75. The third kappa shape index (κ3) is 1.84. The van der Waals surface area contributed by atoms with Crippen molar-refractivity contribution in [3.05, 3.63) is 58.3 Å². The highest BCUT2D eigenvalue weighted by Crippen LogP contribution is 2.08. The summed E-state index contributed by atoms with van der Waals surface area (Å²) < 4.78 is 1.66. The molecule has 0 spiro atoms. The minimum absolute atomic E-state index is 0.0454. The van der Waals surface area contributed by atoms with E-state index in [-0.39, 0.29) is 5.56 Å². The van der Waals surface area contributed by atoms with Gasteiger partial charge in [0.1, 0.15) is 18.0 Å². The van der Waals surface area contributed by atoms with E-state index < -0.39 is 5.56 Å². The summed E-state index contributed by atoms with van der Waals surface area (Å²) in [6.45, 7) is 1.98. The summed E-state index contributed by atoms with van der Waals surface area (Å²) in [6.07, 6.45) is 2.90. The van der Waals surface area contributed by atoms with Crippen molar-refractivity contribution >= 4 is 0 Å². The van der Waals surface area contributed by atoms with Crippen molar-refractivity contribution in [2.75, 3.05) is 0 Å². The average Bonchev–Trinajstić information content (AvgIpc) is 2.29. The molecule has 0 unspecified atom stereocenters. The van der Waals surface area contributed by atoms with Gasteiger partial charge in [0.15, 0.2) is 0 Å². The smallest absolute Gasteiger partial charge is 0.290 e. The molecule has 1 aromatic heterocycles. The van der Waals surface area contributed by atoms with Crippen LogP contribution < -0.4 is 5.56 Å². The maximum Gasteiger partial charge on any atom is 0.290 e. The first kappa shape index (κ1) is 10.1.